The molecule has 0 bridgehead atoms. The van der Waals surface area contributed by atoms with Crippen LogP contribution in [0.3, 0.4) is 0 Å². The summed E-state index contributed by atoms with van der Waals surface area (Å²) in [6.07, 6.45) is 0. The lowest BCUT2D eigenvalue weighted by Crippen LogP contribution is -2.20. The van der Waals surface area contributed by atoms with E-state index in [1.54, 1.807) is 50.4 Å². The Morgan fingerprint density at radius 3 is 2.30 bits per heavy atom. The molecule has 2 rings (SSSR count). The summed E-state index contributed by atoms with van der Waals surface area (Å²) in [5.74, 6) is 0.0248. The van der Waals surface area contributed by atoms with Crippen molar-refractivity contribution in [3.8, 4) is 5.75 Å². The lowest BCUT2D eigenvalue weighted by atomic mass is 10.2. The third-order valence-corrected chi connectivity index (χ3v) is 3.33. The van der Waals surface area contributed by atoms with Crippen molar-refractivity contribution in [2.24, 2.45) is 0 Å². The van der Waals surface area contributed by atoms with Gasteiger partial charge in [0.15, 0.2) is 0 Å². The van der Waals surface area contributed by atoms with Crippen LogP contribution in [0.15, 0.2) is 48.5 Å². The van der Waals surface area contributed by atoms with Gasteiger partial charge >= 0.3 is 0 Å². The predicted octanol–water partition coefficient (Wildman–Crippen LogP) is 3.51. The van der Waals surface area contributed by atoms with Crippen molar-refractivity contribution in [1.29, 1.82) is 0 Å². The summed E-state index contributed by atoms with van der Waals surface area (Å²) < 4.78 is 5.19. The third kappa shape index (κ3) is 4.47. The molecule has 0 fully saturated rings. The molecule has 0 radical (unpaired) electrons. The Labute approximate surface area is 139 Å². The normalized spacial score (nSPS) is 11.4. The fraction of sp³-hybridized carbons (Fsp3) is 0.176. The Morgan fingerprint density at radius 2 is 1.70 bits per heavy atom. The van der Waals surface area contributed by atoms with Crippen LogP contribution in [0.4, 0.5) is 11.4 Å². The molecule has 5 nitrogen and oxygen atoms in total. The molecule has 0 heterocycles. The Hall–Kier alpha value is -2.53. The molecule has 0 aliphatic heterocycles. The standard InChI is InChI=1S/C17H17ClN2O3/c1-11(18)16(21)19-13-9-7-12(8-10-13)17(22)20-14-5-3-4-6-15(14)23-2/h3-11H,1-2H3,(H,19,21)(H,20,22)/t11-/m0/s1. The molecule has 2 N–H and O–H groups in total. The zero-order chi connectivity index (χ0) is 16.8. The maximum absolute atomic E-state index is 12.2. The Kier molecular flexibility index (Phi) is 5.60. The first-order valence-electron chi connectivity index (χ1n) is 7.00. The van der Waals surface area contributed by atoms with Gasteiger partial charge in [0.05, 0.1) is 12.8 Å². The highest BCUT2D eigenvalue weighted by molar-refractivity contribution is 6.32. The number of ether oxygens (including phenoxy) is 1. The van der Waals surface area contributed by atoms with Crippen LogP contribution in [0, 0.1) is 0 Å². The average molecular weight is 333 g/mol. The lowest BCUT2D eigenvalue weighted by molar-refractivity contribution is -0.115. The minimum Gasteiger partial charge on any atom is -0.495 e. The van der Waals surface area contributed by atoms with Crippen molar-refractivity contribution in [2.75, 3.05) is 17.7 Å². The highest BCUT2D eigenvalue weighted by Crippen LogP contribution is 2.23. The molecule has 1 atom stereocenters. The van der Waals surface area contributed by atoms with E-state index < -0.39 is 5.38 Å². The topological polar surface area (TPSA) is 67.4 Å². The summed E-state index contributed by atoms with van der Waals surface area (Å²) in [6, 6.07) is 13.7. The van der Waals surface area contributed by atoms with Gasteiger partial charge < -0.3 is 15.4 Å². The molecule has 0 saturated heterocycles. The number of carbonyl (C=O) groups is 2. The number of carbonyl (C=O) groups excluding carboxylic acids is 2. The molecule has 23 heavy (non-hydrogen) atoms. The van der Waals surface area contributed by atoms with Gasteiger partial charge in [0.1, 0.15) is 11.1 Å². The van der Waals surface area contributed by atoms with Gasteiger partial charge in [-0.15, -0.1) is 11.6 Å². The molecule has 0 unspecified atom stereocenters. The van der Waals surface area contributed by atoms with Crippen molar-refractivity contribution in [3.05, 3.63) is 54.1 Å². The number of rotatable bonds is 5. The first-order valence-corrected chi connectivity index (χ1v) is 7.44. The van der Waals surface area contributed by atoms with Gasteiger partial charge in [-0.05, 0) is 43.3 Å². The zero-order valence-electron chi connectivity index (χ0n) is 12.8. The van der Waals surface area contributed by atoms with Crippen molar-refractivity contribution in [2.45, 2.75) is 12.3 Å². The molecule has 2 aromatic carbocycles. The van der Waals surface area contributed by atoms with Crippen molar-refractivity contribution >= 4 is 34.8 Å². The minimum atomic E-state index is -0.622. The first-order chi connectivity index (χ1) is 11.0. The van der Waals surface area contributed by atoms with Crippen LogP contribution in [-0.4, -0.2) is 24.3 Å². The van der Waals surface area contributed by atoms with Gasteiger partial charge in [-0.3, -0.25) is 9.59 Å². The maximum Gasteiger partial charge on any atom is 0.255 e. The smallest absolute Gasteiger partial charge is 0.255 e. The van der Waals surface area contributed by atoms with Gasteiger partial charge in [0.2, 0.25) is 5.91 Å². The second-order valence-electron chi connectivity index (χ2n) is 4.84. The van der Waals surface area contributed by atoms with E-state index in [4.69, 9.17) is 16.3 Å². The van der Waals surface area contributed by atoms with Gasteiger partial charge in [0.25, 0.3) is 5.91 Å². The molecule has 120 valence electrons. The van der Waals surface area contributed by atoms with Gasteiger partial charge in [-0.2, -0.15) is 0 Å². The van der Waals surface area contributed by atoms with Crippen LogP contribution in [-0.2, 0) is 4.79 Å². The molecule has 6 heteroatoms. The number of alkyl halides is 1. The molecule has 0 aliphatic carbocycles. The van der Waals surface area contributed by atoms with E-state index in [0.29, 0.717) is 22.7 Å². The second-order valence-corrected chi connectivity index (χ2v) is 5.49. The quantitative estimate of drug-likeness (QED) is 0.823. The van der Waals surface area contributed by atoms with E-state index in [2.05, 4.69) is 10.6 Å². The molecular formula is C17H17ClN2O3. The summed E-state index contributed by atoms with van der Waals surface area (Å²) in [7, 11) is 1.54. The molecule has 0 saturated carbocycles. The van der Waals surface area contributed by atoms with E-state index in [1.807, 2.05) is 12.1 Å². The van der Waals surface area contributed by atoms with Crippen LogP contribution in [0.2, 0.25) is 0 Å². The number of amides is 2. The summed E-state index contributed by atoms with van der Waals surface area (Å²) in [4.78, 5) is 23.8. The van der Waals surface area contributed by atoms with E-state index in [0.717, 1.165) is 0 Å². The van der Waals surface area contributed by atoms with E-state index >= 15 is 0 Å². The van der Waals surface area contributed by atoms with Crippen LogP contribution in [0.5, 0.6) is 5.75 Å². The third-order valence-electron chi connectivity index (χ3n) is 3.13. The Balaban J connectivity index is 2.07. The zero-order valence-corrected chi connectivity index (χ0v) is 13.6. The van der Waals surface area contributed by atoms with Gasteiger partial charge in [-0.1, -0.05) is 12.1 Å². The van der Waals surface area contributed by atoms with Crippen molar-refractivity contribution in [1.82, 2.24) is 0 Å². The number of nitrogens with one attached hydrogen (secondary N) is 2. The number of hydrogen-bond acceptors (Lipinski definition) is 3. The molecule has 0 spiro atoms. The molecule has 0 aromatic heterocycles. The van der Waals surface area contributed by atoms with E-state index in [-0.39, 0.29) is 11.8 Å². The average Bonchev–Trinajstić information content (AvgIpc) is 2.55. The summed E-state index contributed by atoms with van der Waals surface area (Å²) in [5, 5.41) is 4.81. The first kappa shape index (κ1) is 16.8. The summed E-state index contributed by atoms with van der Waals surface area (Å²) >= 11 is 5.69. The van der Waals surface area contributed by atoms with Gasteiger partial charge in [-0.25, -0.2) is 0 Å². The summed E-state index contributed by atoms with van der Waals surface area (Å²) in [5.41, 5.74) is 1.64. The second kappa shape index (κ2) is 7.65. The van der Waals surface area contributed by atoms with Crippen LogP contribution in [0.25, 0.3) is 0 Å². The lowest BCUT2D eigenvalue weighted by Gasteiger charge is -2.10. The van der Waals surface area contributed by atoms with Crippen LogP contribution < -0.4 is 15.4 Å². The number of para-hydroxylation sites is 2. The Bertz CT molecular complexity index is 699. The molecule has 2 aromatic rings. The monoisotopic (exact) mass is 332 g/mol. The van der Waals surface area contributed by atoms with E-state index in [1.165, 1.54) is 0 Å². The van der Waals surface area contributed by atoms with Crippen LogP contribution >= 0.6 is 11.6 Å². The maximum atomic E-state index is 12.2. The molecular weight excluding hydrogens is 316 g/mol. The highest BCUT2D eigenvalue weighted by atomic mass is 35.5. The number of anilines is 2. The fourth-order valence-corrected chi connectivity index (χ4v) is 1.94. The van der Waals surface area contributed by atoms with Crippen molar-refractivity contribution in [3.63, 3.8) is 0 Å². The largest absolute Gasteiger partial charge is 0.495 e. The number of benzene rings is 2. The predicted molar refractivity (Wildman–Crippen MR) is 91.3 cm³/mol. The van der Waals surface area contributed by atoms with Crippen LogP contribution in [0.1, 0.15) is 17.3 Å². The SMILES string of the molecule is COc1ccccc1NC(=O)c1ccc(NC(=O)[C@H](C)Cl)cc1. The molecule has 0 aliphatic rings. The minimum absolute atomic E-state index is 0.266. The molecule has 2 amide bonds. The summed E-state index contributed by atoms with van der Waals surface area (Å²) in [6.45, 7) is 1.59. The number of halogens is 1. The number of methoxy groups -OCH3 is 1. The fourth-order valence-electron chi connectivity index (χ4n) is 1.89. The van der Waals surface area contributed by atoms with Crippen molar-refractivity contribution < 1.29 is 14.3 Å². The van der Waals surface area contributed by atoms with Gasteiger partial charge in [0, 0.05) is 11.3 Å². The Morgan fingerprint density at radius 1 is 1.04 bits per heavy atom. The highest BCUT2D eigenvalue weighted by Gasteiger charge is 2.11. The number of hydrogen-bond donors (Lipinski definition) is 2. The van der Waals surface area contributed by atoms with E-state index in [9.17, 15) is 9.59 Å².